The number of nitrogens with zero attached hydrogens (tertiary/aromatic N) is 1. The number of rotatable bonds is 5. The second-order valence-electron chi connectivity index (χ2n) is 5.09. The number of piperidine rings is 1. The zero-order chi connectivity index (χ0) is 14.6. The summed E-state index contributed by atoms with van der Waals surface area (Å²) in [7, 11) is 0. The standard InChI is InChI=1S/C13H18BrF3N2S/c14-11-6-12(20-9-11)7-18-3-5-19-4-1-2-10(8-19)13(15,16)17/h6,9-10,18H,1-5,7-8H2. The summed E-state index contributed by atoms with van der Waals surface area (Å²) in [6.45, 7) is 3.10. The van der Waals surface area contributed by atoms with Gasteiger partial charge in [0.1, 0.15) is 0 Å². The molecule has 0 aromatic carbocycles. The van der Waals surface area contributed by atoms with Crippen LogP contribution in [0, 0.1) is 5.92 Å². The van der Waals surface area contributed by atoms with Gasteiger partial charge in [-0.2, -0.15) is 13.2 Å². The van der Waals surface area contributed by atoms with E-state index >= 15 is 0 Å². The normalized spacial score (nSPS) is 21.3. The maximum absolute atomic E-state index is 12.7. The Morgan fingerprint density at radius 1 is 1.45 bits per heavy atom. The average Bonchev–Trinajstić information content (AvgIpc) is 2.80. The molecule has 0 amide bonds. The van der Waals surface area contributed by atoms with Crippen LogP contribution < -0.4 is 5.32 Å². The van der Waals surface area contributed by atoms with Gasteiger partial charge in [-0.05, 0) is 41.4 Å². The molecule has 0 aliphatic carbocycles. The van der Waals surface area contributed by atoms with Crippen LogP contribution in [0.15, 0.2) is 15.9 Å². The van der Waals surface area contributed by atoms with Crippen molar-refractivity contribution in [1.82, 2.24) is 10.2 Å². The van der Waals surface area contributed by atoms with E-state index < -0.39 is 12.1 Å². The van der Waals surface area contributed by atoms with E-state index in [1.807, 2.05) is 10.3 Å². The minimum atomic E-state index is -4.05. The van der Waals surface area contributed by atoms with Gasteiger partial charge in [0.25, 0.3) is 0 Å². The number of hydrogen-bond acceptors (Lipinski definition) is 3. The molecule has 1 aliphatic heterocycles. The van der Waals surface area contributed by atoms with Gasteiger partial charge in [-0.15, -0.1) is 11.3 Å². The number of thiophene rings is 1. The number of nitrogens with one attached hydrogen (secondary N) is 1. The first-order chi connectivity index (χ1) is 9.45. The fraction of sp³-hybridized carbons (Fsp3) is 0.692. The van der Waals surface area contributed by atoms with Crippen LogP contribution in [0.3, 0.4) is 0 Å². The Bertz CT molecular complexity index is 422. The molecule has 1 saturated heterocycles. The zero-order valence-corrected chi connectivity index (χ0v) is 13.5. The molecule has 1 aliphatic rings. The zero-order valence-electron chi connectivity index (χ0n) is 11.0. The third-order valence-corrected chi connectivity index (χ3v) is 5.19. The molecule has 2 nitrogen and oxygen atoms in total. The fourth-order valence-electron chi connectivity index (χ4n) is 2.42. The molecule has 0 bridgehead atoms. The van der Waals surface area contributed by atoms with Crippen LogP contribution >= 0.6 is 27.3 Å². The van der Waals surface area contributed by atoms with Crippen molar-refractivity contribution in [2.45, 2.75) is 25.6 Å². The molecule has 1 fully saturated rings. The molecule has 1 atom stereocenters. The second kappa shape index (κ2) is 7.24. The summed E-state index contributed by atoms with van der Waals surface area (Å²) in [5.41, 5.74) is 0. The van der Waals surface area contributed by atoms with Gasteiger partial charge < -0.3 is 10.2 Å². The van der Waals surface area contributed by atoms with Crippen molar-refractivity contribution in [1.29, 1.82) is 0 Å². The van der Waals surface area contributed by atoms with Crippen molar-refractivity contribution in [3.8, 4) is 0 Å². The SMILES string of the molecule is FC(F)(F)C1CCCN(CCNCc2cc(Br)cs2)C1. The van der Waals surface area contributed by atoms with Gasteiger partial charge in [-0.1, -0.05) is 0 Å². The first-order valence-corrected chi connectivity index (χ1v) is 8.35. The maximum Gasteiger partial charge on any atom is 0.393 e. The Balaban J connectivity index is 1.66. The number of hydrogen-bond donors (Lipinski definition) is 1. The summed E-state index contributed by atoms with van der Waals surface area (Å²) in [6.07, 6.45) is -3.13. The maximum atomic E-state index is 12.7. The van der Waals surface area contributed by atoms with Gasteiger partial charge in [0.15, 0.2) is 0 Å². The van der Waals surface area contributed by atoms with Crippen LogP contribution in [0.1, 0.15) is 17.7 Å². The first kappa shape index (κ1) is 16.3. The van der Waals surface area contributed by atoms with Gasteiger partial charge in [0, 0.05) is 40.9 Å². The van der Waals surface area contributed by atoms with Crippen LogP contribution in [0.25, 0.3) is 0 Å². The number of likely N-dealkylation sites (tertiary alicyclic amines) is 1. The van der Waals surface area contributed by atoms with Crippen LogP contribution in [0.2, 0.25) is 0 Å². The Labute approximate surface area is 129 Å². The van der Waals surface area contributed by atoms with Gasteiger partial charge in [0.2, 0.25) is 0 Å². The number of alkyl halides is 3. The van der Waals surface area contributed by atoms with E-state index in [4.69, 9.17) is 0 Å². The number of halogens is 4. The highest BCUT2D eigenvalue weighted by Gasteiger charge is 2.41. The van der Waals surface area contributed by atoms with E-state index in [2.05, 4.69) is 27.3 Å². The Morgan fingerprint density at radius 2 is 2.25 bits per heavy atom. The third kappa shape index (κ3) is 5.02. The lowest BCUT2D eigenvalue weighted by Crippen LogP contribution is -2.44. The van der Waals surface area contributed by atoms with Crippen molar-refractivity contribution in [3.05, 3.63) is 20.8 Å². The summed E-state index contributed by atoms with van der Waals surface area (Å²) in [6, 6.07) is 2.05. The van der Waals surface area contributed by atoms with Crippen molar-refractivity contribution in [2.24, 2.45) is 5.92 Å². The van der Waals surface area contributed by atoms with E-state index in [1.165, 1.54) is 4.88 Å². The molecule has 7 heteroatoms. The predicted octanol–water partition coefficient (Wildman–Crippen LogP) is 3.87. The van der Waals surface area contributed by atoms with Gasteiger partial charge >= 0.3 is 6.18 Å². The highest BCUT2D eigenvalue weighted by atomic mass is 79.9. The summed E-state index contributed by atoms with van der Waals surface area (Å²) >= 11 is 5.06. The summed E-state index contributed by atoms with van der Waals surface area (Å²) < 4.78 is 39.1. The monoisotopic (exact) mass is 370 g/mol. The third-order valence-electron chi connectivity index (χ3n) is 3.49. The molecule has 2 rings (SSSR count). The van der Waals surface area contributed by atoms with Crippen molar-refractivity contribution < 1.29 is 13.2 Å². The topological polar surface area (TPSA) is 15.3 Å². The Morgan fingerprint density at radius 3 is 2.90 bits per heavy atom. The van der Waals surface area contributed by atoms with Crippen molar-refractivity contribution >= 4 is 27.3 Å². The molecule has 1 N–H and O–H groups in total. The quantitative estimate of drug-likeness (QED) is 0.791. The highest BCUT2D eigenvalue weighted by molar-refractivity contribution is 9.10. The molecule has 114 valence electrons. The molecular formula is C13H18BrF3N2S. The van der Waals surface area contributed by atoms with Crippen LogP contribution in [-0.4, -0.2) is 37.3 Å². The van der Waals surface area contributed by atoms with Crippen LogP contribution in [0.5, 0.6) is 0 Å². The molecule has 0 spiro atoms. The molecule has 1 aromatic heterocycles. The van der Waals surface area contributed by atoms with Crippen LogP contribution in [-0.2, 0) is 6.54 Å². The minimum Gasteiger partial charge on any atom is -0.311 e. The van der Waals surface area contributed by atoms with E-state index in [-0.39, 0.29) is 13.0 Å². The summed E-state index contributed by atoms with van der Waals surface area (Å²) in [4.78, 5) is 3.14. The molecule has 2 heterocycles. The first-order valence-electron chi connectivity index (χ1n) is 6.68. The van der Waals surface area contributed by atoms with Crippen LogP contribution in [0.4, 0.5) is 13.2 Å². The molecule has 20 heavy (non-hydrogen) atoms. The predicted molar refractivity (Wildman–Crippen MR) is 78.9 cm³/mol. The lowest BCUT2D eigenvalue weighted by Gasteiger charge is -2.33. The molecule has 0 radical (unpaired) electrons. The molecule has 1 aromatic rings. The van der Waals surface area contributed by atoms with Crippen molar-refractivity contribution in [2.75, 3.05) is 26.2 Å². The molecule has 1 unspecified atom stereocenters. The van der Waals surface area contributed by atoms with Gasteiger partial charge in [-0.25, -0.2) is 0 Å². The molecular weight excluding hydrogens is 353 g/mol. The fourth-order valence-corrected chi connectivity index (χ4v) is 3.84. The smallest absolute Gasteiger partial charge is 0.311 e. The molecule has 0 saturated carbocycles. The lowest BCUT2D eigenvalue weighted by atomic mass is 9.97. The highest BCUT2D eigenvalue weighted by Crippen LogP contribution is 2.32. The Kier molecular flexibility index (Phi) is 5.89. The average molecular weight is 371 g/mol. The Hall–Kier alpha value is -0.110. The summed E-state index contributed by atoms with van der Waals surface area (Å²) in [5, 5.41) is 5.31. The van der Waals surface area contributed by atoms with Gasteiger partial charge in [-0.3, -0.25) is 0 Å². The lowest BCUT2D eigenvalue weighted by molar-refractivity contribution is -0.186. The van der Waals surface area contributed by atoms with E-state index in [9.17, 15) is 13.2 Å². The van der Waals surface area contributed by atoms with E-state index in [0.717, 1.165) is 24.1 Å². The van der Waals surface area contributed by atoms with Crippen molar-refractivity contribution in [3.63, 3.8) is 0 Å². The minimum absolute atomic E-state index is 0.149. The largest absolute Gasteiger partial charge is 0.393 e. The summed E-state index contributed by atoms with van der Waals surface area (Å²) in [5.74, 6) is -1.15. The van der Waals surface area contributed by atoms with Gasteiger partial charge in [0.05, 0.1) is 5.92 Å². The second-order valence-corrected chi connectivity index (χ2v) is 7.00. The van der Waals surface area contributed by atoms with E-state index in [0.29, 0.717) is 13.0 Å². The van der Waals surface area contributed by atoms with E-state index in [1.54, 1.807) is 11.3 Å².